The molecule has 3 N–H and O–H groups in total. The van der Waals surface area contributed by atoms with Crippen molar-refractivity contribution in [3.05, 3.63) is 58.5 Å². The van der Waals surface area contributed by atoms with E-state index in [4.69, 9.17) is 22.1 Å². The van der Waals surface area contributed by atoms with Crippen molar-refractivity contribution in [2.45, 2.75) is 6.61 Å². The van der Waals surface area contributed by atoms with Gasteiger partial charge in [0.2, 0.25) is 5.75 Å². The Morgan fingerprint density at radius 2 is 1.82 bits per heavy atom. The van der Waals surface area contributed by atoms with Crippen LogP contribution in [0.1, 0.15) is 11.1 Å². The summed E-state index contributed by atoms with van der Waals surface area (Å²) in [5.41, 5.74) is 1.21. The molecule has 1 fully saturated rings. The molecule has 0 radical (unpaired) electrons. The summed E-state index contributed by atoms with van der Waals surface area (Å²) in [5.74, 6) is -2.36. The average molecular weight is 417 g/mol. The number of aliphatic carboxylic acids is 1. The highest BCUT2D eigenvalue weighted by molar-refractivity contribution is 8.26. The lowest BCUT2D eigenvalue weighted by Crippen LogP contribution is -2.33. The fourth-order valence-corrected chi connectivity index (χ4v) is 3.76. The second-order valence-corrected chi connectivity index (χ2v) is 7.50. The summed E-state index contributed by atoms with van der Waals surface area (Å²) in [6, 6.07) is 11.9. The SMILES string of the molecule is O=C(O)CN1C(=O)/C(=C/c2cc(O)c(OCc3ccccc3)c(O)c2)SC1=S. The van der Waals surface area contributed by atoms with Crippen molar-refractivity contribution < 1.29 is 29.6 Å². The van der Waals surface area contributed by atoms with Crippen molar-refractivity contribution in [2.75, 3.05) is 6.54 Å². The summed E-state index contributed by atoms with van der Waals surface area (Å²) in [6.45, 7) is -0.361. The molecule has 0 aromatic heterocycles. The molecule has 0 saturated carbocycles. The van der Waals surface area contributed by atoms with Crippen molar-refractivity contribution in [1.82, 2.24) is 4.90 Å². The normalized spacial score (nSPS) is 15.3. The molecule has 2 aromatic carbocycles. The Kier molecular flexibility index (Phi) is 5.86. The van der Waals surface area contributed by atoms with Gasteiger partial charge in [-0.3, -0.25) is 14.5 Å². The lowest BCUT2D eigenvalue weighted by atomic mass is 10.1. The molecule has 0 atom stereocenters. The molecule has 0 bridgehead atoms. The zero-order valence-corrected chi connectivity index (χ0v) is 16.0. The van der Waals surface area contributed by atoms with Crippen LogP contribution in [0.25, 0.3) is 6.08 Å². The number of carboxylic acid groups (broad SMARTS) is 1. The van der Waals surface area contributed by atoms with Crippen LogP contribution in [-0.4, -0.2) is 43.0 Å². The molecular formula is C19H15NO6S2. The number of ether oxygens (including phenoxy) is 1. The number of carbonyl (C=O) groups is 2. The van der Waals surface area contributed by atoms with Crippen LogP contribution < -0.4 is 4.74 Å². The predicted octanol–water partition coefficient (Wildman–Crippen LogP) is 2.96. The van der Waals surface area contributed by atoms with E-state index in [1.54, 1.807) is 0 Å². The monoisotopic (exact) mass is 417 g/mol. The zero-order valence-electron chi connectivity index (χ0n) is 14.4. The molecule has 1 aliphatic heterocycles. The summed E-state index contributed by atoms with van der Waals surface area (Å²) in [6.07, 6.45) is 1.42. The van der Waals surface area contributed by atoms with Crippen LogP contribution in [-0.2, 0) is 16.2 Å². The van der Waals surface area contributed by atoms with Gasteiger partial charge in [-0.2, -0.15) is 0 Å². The number of thiocarbonyl (C=S) groups is 1. The molecule has 3 rings (SSSR count). The van der Waals surface area contributed by atoms with Crippen LogP contribution >= 0.6 is 24.0 Å². The van der Waals surface area contributed by atoms with E-state index in [2.05, 4.69) is 0 Å². The van der Waals surface area contributed by atoms with E-state index in [0.717, 1.165) is 22.2 Å². The number of thioether (sulfide) groups is 1. The molecule has 0 spiro atoms. The summed E-state index contributed by atoms with van der Waals surface area (Å²) in [5, 5.41) is 29.2. The maximum atomic E-state index is 12.3. The van der Waals surface area contributed by atoms with Gasteiger partial charge >= 0.3 is 5.97 Å². The molecule has 1 aliphatic rings. The number of amides is 1. The van der Waals surface area contributed by atoms with Crippen molar-refractivity contribution >= 4 is 46.3 Å². The second-order valence-electron chi connectivity index (χ2n) is 5.82. The summed E-state index contributed by atoms with van der Waals surface area (Å²) in [4.78, 5) is 24.3. The van der Waals surface area contributed by atoms with E-state index >= 15 is 0 Å². The van der Waals surface area contributed by atoms with Crippen molar-refractivity contribution in [1.29, 1.82) is 0 Å². The third-order valence-corrected chi connectivity index (χ3v) is 5.14. The van der Waals surface area contributed by atoms with E-state index in [-0.39, 0.29) is 33.1 Å². The molecule has 1 saturated heterocycles. The Morgan fingerprint density at radius 3 is 2.43 bits per heavy atom. The first-order valence-electron chi connectivity index (χ1n) is 8.05. The minimum Gasteiger partial charge on any atom is -0.504 e. The Labute approximate surface area is 169 Å². The first-order chi connectivity index (χ1) is 13.3. The van der Waals surface area contributed by atoms with Crippen LogP contribution in [0.15, 0.2) is 47.4 Å². The van der Waals surface area contributed by atoms with Gasteiger partial charge in [0.15, 0.2) is 11.5 Å². The predicted molar refractivity (Wildman–Crippen MR) is 108 cm³/mol. The van der Waals surface area contributed by atoms with Gasteiger partial charge in [0.05, 0.1) is 4.91 Å². The van der Waals surface area contributed by atoms with Gasteiger partial charge in [-0.05, 0) is 29.3 Å². The molecule has 0 aliphatic carbocycles. The van der Waals surface area contributed by atoms with Gasteiger partial charge in [0.25, 0.3) is 5.91 Å². The fourth-order valence-electron chi connectivity index (χ4n) is 2.50. The van der Waals surface area contributed by atoms with Gasteiger partial charge in [-0.15, -0.1) is 0 Å². The maximum Gasteiger partial charge on any atom is 0.323 e. The fraction of sp³-hybridized carbons (Fsp3) is 0.105. The lowest BCUT2D eigenvalue weighted by Gasteiger charge is -2.11. The Balaban J connectivity index is 1.79. The number of carboxylic acids is 1. The number of hydrogen-bond acceptors (Lipinski definition) is 7. The Bertz CT molecular complexity index is 951. The smallest absolute Gasteiger partial charge is 0.323 e. The number of carbonyl (C=O) groups excluding carboxylic acids is 1. The van der Waals surface area contributed by atoms with Gasteiger partial charge in [-0.1, -0.05) is 54.3 Å². The summed E-state index contributed by atoms with van der Waals surface area (Å²) >= 11 is 5.98. The largest absolute Gasteiger partial charge is 0.504 e. The van der Waals surface area contributed by atoms with Crippen molar-refractivity contribution in [2.24, 2.45) is 0 Å². The Morgan fingerprint density at radius 1 is 1.18 bits per heavy atom. The van der Waals surface area contributed by atoms with Crippen LogP contribution in [0.5, 0.6) is 17.2 Å². The van der Waals surface area contributed by atoms with E-state index < -0.39 is 18.4 Å². The first kappa shape index (κ1) is 19.7. The molecule has 144 valence electrons. The molecule has 28 heavy (non-hydrogen) atoms. The average Bonchev–Trinajstić information content (AvgIpc) is 2.89. The molecular weight excluding hydrogens is 402 g/mol. The first-order valence-corrected chi connectivity index (χ1v) is 9.27. The number of rotatable bonds is 6. The minimum absolute atomic E-state index is 0.0700. The minimum atomic E-state index is -1.17. The number of phenolic OH excluding ortho intramolecular Hbond substituents is 2. The number of phenols is 2. The van der Waals surface area contributed by atoms with E-state index in [1.165, 1.54) is 18.2 Å². The van der Waals surface area contributed by atoms with Gasteiger partial charge in [0, 0.05) is 0 Å². The van der Waals surface area contributed by atoms with E-state index in [9.17, 15) is 19.8 Å². The van der Waals surface area contributed by atoms with Gasteiger partial charge in [-0.25, -0.2) is 0 Å². The topological polar surface area (TPSA) is 107 Å². The quantitative estimate of drug-likeness (QED) is 0.486. The maximum absolute atomic E-state index is 12.3. The highest BCUT2D eigenvalue weighted by atomic mass is 32.2. The number of benzene rings is 2. The summed E-state index contributed by atoms with van der Waals surface area (Å²) < 4.78 is 5.62. The third kappa shape index (κ3) is 4.44. The summed E-state index contributed by atoms with van der Waals surface area (Å²) in [7, 11) is 0. The van der Waals surface area contributed by atoms with Crippen molar-refractivity contribution in [3.63, 3.8) is 0 Å². The lowest BCUT2D eigenvalue weighted by molar-refractivity contribution is -0.140. The van der Waals surface area contributed by atoms with E-state index in [0.29, 0.717) is 5.56 Å². The molecule has 0 unspecified atom stereocenters. The number of hydrogen-bond donors (Lipinski definition) is 3. The van der Waals surface area contributed by atoms with Crippen LogP contribution in [0.3, 0.4) is 0 Å². The molecule has 2 aromatic rings. The molecule has 1 amide bonds. The van der Waals surface area contributed by atoms with E-state index in [1.807, 2.05) is 30.3 Å². The van der Waals surface area contributed by atoms with Crippen LogP contribution in [0.2, 0.25) is 0 Å². The Hall–Kier alpha value is -3.04. The molecule has 9 heteroatoms. The van der Waals surface area contributed by atoms with Crippen LogP contribution in [0.4, 0.5) is 0 Å². The highest BCUT2D eigenvalue weighted by Crippen LogP contribution is 2.39. The van der Waals surface area contributed by atoms with Crippen LogP contribution in [0, 0.1) is 0 Å². The van der Waals surface area contributed by atoms with Gasteiger partial charge < -0.3 is 20.1 Å². The molecule has 1 heterocycles. The zero-order chi connectivity index (χ0) is 20.3. The highest BCUT2D eigenvalue weighted by Gasteiger charge is 2.33. The third-order valence-electron chi connectivity index (χ3n) is 3.76. The standard InChI is InChI=1S/C19H15NO6S2/c21-13-6-12(8-15-18(25)20(9-16(23)24)19(27)28-15)7-14(22)17(13)26-10-11-4-2-1-3-5-11/h1-8,21-22H,9-10H2,(H,23,24)/b15-8-. The van der Waals surface area contributed by atoms with Crippen molar-refractivity contribution in [3.8, 4) is 17.2 Å². The number of aromatic hydroxyl groups is 2. The van der Waals surface area contributed by atoms with Gasteiger partial charge in [0.1, 0.15) is 17.5 Å². The molecule has 7 nitrogen and oxygen atoms in total. The second kappa shape index (κ2) is 8.32. The number of nitrogens with zero attached hydrogens (tertiary/aromatic N) is 1.